The van der Waals surface area contributed by atoms with Crippen LogP contribution in [0, 0.1) is 4.77 Å². The third kappa shape index (κ3) is 3.33. The second kappa shape index (κ2) is 4.87. The van der Waals surface area contributed by atoms with Crippen LogP contribution in [0.3, 0.4) is 0 Å². The molecule has 58 valence electrons. The van der Waals surface area contributed by atoms with E-state index in [1.54, 1.807) is 0 Å². The Bertz CT molecular complexity index is 258. The molecule has 0 bridgehead atoms. The smallest absolute Gasteiger partial charge is 1.00 e. The van der Waals surface area contributed by atoms with Gasteiger partial charge in [-0.15, -0.1) is 0 Å². The van der Waals surface area contributed by atoms with Gasteiger partial charge in [0.25, 0.3) is 4.77 Å². The molecular formula is C4H10N5NaS. The summed E-state index contributed by atoms with van der Waals surface area (Å²) in [5.41, 5.74) is 2.98. The van der Waals surface area contributed by atoms with Crippen LogP contribution in [0.25, 0.3) is 0 Å². The first-order chi connectivity index (χ1) is 4.70. The normalized spacial score (nSPS) is 9.36. The second-order valence-electron chi connectivity index (χ2n) is 2.20. The van der Waals surface area contributed by atoms with Gasteiger partial charge in [-0.2, -0.15) is 10.0 Å². The quantitative estimate of drug-likeness (QED) is 0.390. The standard InChI is InChI=1S/C4H9N5S.Na.H/c1-3(2)6-9-4(10)5-7-8-9;;/h3,6H,1-2H3,(H,5,8,10);;/q;+1;-1. The molecule has 11 heavy (non-hydrogen) atoms. The first kappa shape index (κ1) is 11.1. The number of rotatable bonds is 2. The van der Waals surface area contributed by atoms with Crippen molar-refractivity contribution < 1.29 is 31.0 Å². The van der Waals surface area contributed by atoms with Crippen LogP contribution in [0.1, 0.15) is 15.3 Å². The van der Waals surface area contributed by atoms with E-state index in [1.807, 2.05) is 13.8 Å². The molecule has 0 radical (unpaired) electrons. The zero-order valence-corrected chi connectivity index (χ0v) is 9.64. The van der Waals surface area contributed by atoms with E-state index in [9.17, 15) is 0 Å². The Labute approximate surface area is 93.3 Å². The van der Waals surface area contributed by atoms with Gasteiger partial charge in [0.15, 0.2) is 0 Å². The largest absolute Gasteiger partial charge is 1.00 e. The van der Waals surface area contributed by atoms with Gasteiger partial charge in [-0.05, 0) is 31.3 Å². The van der Waals surface area contributed by atoms with E-state index in [2.05, 4.69) is 21.0 Å². The Kier molecular flexibility index (Phi) is 4.91. The summed E-state index contributed by atoms with van der Waals surface area (Å²) in [5.74, 6) is 0. The molecule has 0 fully saturated rings. The molecule has 0 aliphatic rings. The minimum absolute atomic E-state index is 0. The fraction of sp³-hybridized carbons (Fsp3) is 0.750. The van der Waals surface area contributed by atoms with Gasteiger partial charge in [0, 0.05) is 6.04 Å². The number of tetrazole rings is 1. The van der Waals surface area contributed by atoms with Crippen LogP contribution in [-0.4, -0.2) is 26.4 Å². The van der Waals surface area contributed by atoms with Crippen molar-refractivity contribution in [2.45, 2.75) is 19.9 Å². The first-order valence-corrected chi connectivity index (χ1v) is 3.37. The molecule has 0 atom stereocenters. The van der Waals surface area contributed by atoms with Crippen molar-refractivity contribution in [2.75, 3.05) is 5.43 Å². The maximum atomic E-state index is 4.80. The van der Waals surface area contributed by atoms with Crippen LogP contribution in [-0.2, 0) is 0 Å². The van der Waals surface area contributed by atoms with E-state index in [4.69, 9.17) is 12.2 Å². The van der Waals surface area contributed by atoms with Crippen molar-refractivity contribution in [3.8, 4) is 0 Å². The van der Waals surface area contributed by atoms with Crippen molar-refractivity contribution in [2.24, 2.45) is 0 Å². The van der Waals surface area contributed by atoms with Gasteiger partial charge in [-0.1, -0.05) is 5.10 Å². The fourth-order valence-electron chi connectivity index (χ4n) is 0.540. The van der Waals surface area contributed by atoms with Gasteiger partial charge < -0.3 is 6.85 Å². The number of hydrogen-bond acceptors (Lipinski definition) is 4. The molecule has 0 saturated carbocycles. The number of nitrogens with zero attached hydrogens (tertiary/aromatic N) is 3. The Hall–Kier alpha value is 0.0900. The van der Waals surface area contributed by atoms with Gasteiger partial charge in [-0.25, -0.2) is 0 Å². The van der Waals surface area contributed by atoms with E-state index in [0.29, 0.717) is 10.8 Å². The van der Waals surface area contributed by atoms with Gasteiger partial charge >= 0.3 is 29.6 Å². The molecule has 0 aliphatic heterocycles. The van der Waals surface area contributed by atoms with Gasteiger partial charge in [-0.3, -0.25) is 0 Å². The minimum atomic E-state index is 0. The topological polar surface area (TPSA) is 58.5 Å². The molecule has 5 nitrogen and oxygen atoms in total. The van der Waals surface area contributed by atoms with Crippen LogP contribution in [0.4, 0.5) is 0 Å². The zero-order valence-electron chi connectivity index (χ0n) is 7.83. The molecule has 2 N–H and O–H groups in total. The predicted molar refractivity (Wildman–Crippen MR) is 40.8 cm³/mol. The Morgan fingerprint density at radius 3 is 2.73 bits per heavy atom. The summed E-state index contributed by atoms with van der Waals surface area (Å²) in [4.78, 5) is 1.50. The summed E-state index contributed by atoms with van der Waals surface area (Å²) in [6.07, 6.45) is 0. The third-order valence-electron chi connectivity index (χ3n) is 0.859. The zero-order chi connectivity index (χ0) is 7.56. The Morgan fingerprint density at radius 2 is 2.36 bits per heavy atom. The predicted octanol–water partition coefficient (Wildman–Crippen LogP) is -2.60. The molecule has 0 aromatic carbocycles. The summed E-state index contributed by atoms with van der Waals surface area (Å²) in [7, 11) is 0. The summed E-state index contributed by atoms with van der Waals surface area (Å²) < 4.78 is 0.411. The maximum absolute atomic E-state index is 4.80. The minimum Gasteiger partial charge on any atom is -1.00 e. The summed E-state index contributed by atoms with van der Waals surface area (Å²) >= 11 is 4.80. The SMILES string of the molecule is CC(C)Nn1[nH]nnc1=S.[H-].[Na+]. The Balaban J connectivity index is 0. The van der Waals surface area contributed by atoms with E-state index in [-0.39, 0.29) is 31.0 Å². The number of hydrogen-bond donors (Lipinski definition) is 2. The van der Waals surface area contributed by atoms with Crippen molar-refractivity contribution in [3.63, 3.8) is 0 Å². The first-order valence-electron chi connectivity index (χ1n) is 2.97. The van der Waals surface area contributed by atoms with Crippen molar-refractivity contribution in [1.29, 1.82) is 0 Å². The molecule has 1 rings (SSSR count). The molecule has 1 aromatic rings. The van der Waals surface area contributed by atoms with Crippen molar-refractivity contribution >= 4 is 12.2 Å². The number of nitrogens with one attached hydrogen (secondary N) is 2. The van der Waals surface area contributed by atoms with E-state index in [0.717, 1.165) is 0 Å². The summed E-state index contributed by atoms with van der Waals surface area (Å²) in [6.45, 7) is 4.01. The van der Waals surface area contributed by atoms with Crippen molar-refractivity contribution in [1.82, 2.24) is 20.3 Å². The fourth-order valence-corrected chi connectivity index (χ4v) is 0.674. The van der Waals surface area contributed by atoms with E-state index in [1.165, 1.54) is 4.79 Å². The maximum Gasteiger partial charge on any atom is 1.00 e. The summed E-state index contributed by atoms with van der Waals surface area (Å²) in [6, 6.07) is 0.314. The molecule has 0 unspecified atom stereocenters. The molecule has 0 amide bonds. The third-order valence-corrected chi connectivity index (χ3v) is 1.12. The second-order valence-corrected chi connectivity index (χ2v) is 2.57. The van der Waals surface area contributed by atoms with Crippen LogP contribution in [0.5, 0.6) is 0 Å². The van der Waals surface area contributed by atoms with Crippen LogP contribution >= 0.6 is 12.2 Å². The molecule has 0 spiro atoms. The van der Waals surface area contributed by atoms with E-state index >= 15 is 0 Å². The molecular weight excluding hydrogens is 173 g/mol. The van der Waals surface area contributed by atoms with E-state index < -0.39 is 0 Å². The number of H-pyrrole nitrogens is 1. The van der Waals surface area contributed by atoms with Crippen LogP contribution in [0.15, 0.2) is 0 Å². The molecule has 7 heteroatoms. The molecule has 1 heterocycles. The van der Waals surface area contributed by atoms with Crippen LogP contribution < -0.4 is 35.0 Å². The van der Waals surface area contributed by atoms with Gasteiger partial charge in [0.2, 0.25) is 0 Å². The summed E-state index contributed by atoms with van der Waals surface area (Å²) in [5, 5.41) is 9.65. The molecule has 0 saturated heterocycles. The van der Waals surface area contributed by atoms with Crippen LogP contribution in [0.2, 0.25) is 0 Å². The van der Waals surface area contributed by atoms with Gasteiger partial charge in [0.1, 0.15) is 0 Å². The number of aromatic nitrogens is 4. The molecule has 0 aliphatic carbocycles. The average Bonchev–Trinajstić information content (AvgIpc) is 2.15. The van der Waals surface area contributed by atoms with Gasteiger partial charge in [0.05, 0.1) is 0 Å². The number of aromatic amines is 1. The average molecular weight is 183 g/mol. The monoisotopic (exact) mass is 183 g/mol. The Morgan fingerprint density at radius 1 is 1.73 bits per heavy atom. The molecule has 1 aromatic heterocycles. The van der Waals surface area contributed by atoms with Crippen molar-refractivity contribution in [3.05, 3.63) is 4.77 Å².